The molecule has 1 atom stereocenters. The number of amides is 1. The highest BCUT2D eigenvalue weighted by Crippen LogP contribution is 2.19. The summed E-state index contributed by atoms with van der Waals surface area (Å²) in [7, 11) is -3.57. The second kappa shape index (κ2) is 8.94. The van der Waals surface area contributed by atoms with Gasteiger partial charge < -0.3 is 0 Å². The lowest BCUT2D eigenvalue weighted by molar-refractivity contribution is -0.115. The largest absolute Gasteiger partial charge is 0.522 e. The molecule has 0 aliphatic rings. The molecule has 0 saturated carbocycles. The molecule has 0 aliphatic carbocycles. The van der Waals surface area contributed by atoms with Crippen molar-refractivity contribution >= 4 is 15.9 Å². The van der Waals surface area contributed by atoms with Crippen LogP contribution in [0.3, 0.4) is 0 Å². The third-order valence-electron chi connectivity index (χ3n) is 4.11. The molecule has 6 heteroatoms. The first-order chi connectivity index (χ1) is 12.6. The van der Waals surface area contributed by atoms with Crippen LogP contribution in [0.2, 0.25) is 0 Å². The molecule has 5 nitrogen and oxygen atoms in total. The Kier molecular flexibility index (Phi) is 6.89. The van der Waals surface area contributed by atoms with E-state index in [1.165, 1.54) is 5.56 Å². The van der Waals surface area contributed by atoms with E-state index in [0.717, 1.165) is 12.0 Å². The first-order valence-corrected chi connectivity index (χ1v) is 10.5. The minimum Gasteiger partial charge on any atom is -0.228 e. The molecule has 1 amide bonds. The van der Waals surface area contributed by atoms with Gasteiger partial charge in [0.2, 0.25) is 10.0 Å². The van der Waals surface area contributed by atoms with Gasteiger partial charge in [-0.3, -0.25) is 0 Å². The average Bonchev–Trinajstić information content (AvgIpc) is 2.59. The molecular weight excluding hydrogens is 360 g/mol. The number of carbonyl (C=O) groups excluding carboxylic acids is 1. The van der Waals surface area contributed by atoms with Crippen LogP contribution in [-0.2, 0) is 27.0 Å². The van der Waals surface area contributed by atoms with Crippen molar-refractivity contribution in [2.45, 2.75) is 38.9 Å². The van der Waals surface area contributed by atoms with Crippen LogP contribution < -0.4 is 5.14 Å². The van der Waals surface area contributed by atoms with Crippen molar-refractivity contribution in [1.82, 2.24) is 0 Å². The monoisotopic (exact) mass is 385 g/mol. The van der Waals surface area contributed by atoms with Crippen molar-refractivity contribution in [3.63, 3.8) is 0 Å². The Hall–Kier alpha value is -2.49. The van der Waals surface area contributed by atoms with Crippen molar-refractivity contribution in [2.75, 3.05) is 0 Å². The summed E-state index contributed by atoms with van der Waals surface area (Å²) in [4.78, 5) is 16.2. The van der Waals surface area contributed by atoms with Crippen LogP contribution in [0, 0.1) is 12.0 Å². The summed E-state index contributed by atoms with van der Waals surface area (Å²) in [6, 6.07) is 17.3. The summed E-state index contributed by atoms with van der Waals surface area (Å²) in [6.45, 7) is 6.17. The first kappa shape index (κ1) is 20.8. The van der Waals surface area contributed by atoms with Gasteiger partial charge in [0.1, 0.15) is 11.5 Å². The van der Waals surface area contributed by atoms with Gasteiger partial charge in [-0.15, -0.1) is 0 Å². The standard InChI is InChI=1S/C21H25N2O3S/c1-15(2)12-17-8-10-20(11-9-17)16(3)21(24)23-13-18-4-6-19(7-5-18)14-27(22,25)26/h4-11,15-16H,12,14H2,1-3H3,(H2,22,25,26)/q+1/t16-/m1/s1. The van der Waals surface area contributed by atoms with Crippen LogP contribution in [0.5, 0.6) is 0 Å². The molecule has 27 heavy (non-hydrogen) atoms. The van der Waals surface area contributed by atoms with Crippen molar-refractivity contribution in [1.29, 1.82) is 0 Å². The van der Waals surface area contributed by atoms with Crippen LogP contribution in [0.25, 0.3) is 4.85 Å². The highest BCUT2D eigenvalue weighted by atomic mass is 32.2. The molecule has 2 N–H and O–H groups in total. The second-order valence-corrected chi connectivity index (χ2v) is 8.74. The number of primary sulfonamides is 1. The minimum atomic E-state index is -3.57. The molecule has 0 spiro atoms. The Labute approximate surface area is 161 Å². The van der Waals surface area contributed by atoms with Gasteiger partial charge in [-0.05, 0) is 48.1 Å². The molecule has 0 fully saturated rings. The number of benzene rings is 2. The Morgan fingerprint density at radius 1 is 1.00 bits per heavy atom. The van der Waals surface area contributed by atoms with Crippen LogP contribution in [-0.4, -0.2) is 14.3 Å². The smallest absolute Gasteiger partial charge is 0.228 e. The summed E-state index contributed by atoms with van der Waals surface area (Å²) in [5.74, 6) is -0.273. The predicted octanol–water partition coefficient (Wildman–Crippen LogP) is 3.68. The molecule has 2 aromatic rings. The van der Waals surface area contributed by atoms with Gasteiger partial charge in [-0.1, -0.05) is 50.2 Å². The summed E-state index contributed by atoms with van der Waals surface area (Å²) in [5.41, 5.74) is 3.34. The maximum Gasteiger partial charge on any atom is 0.522 e. The van der Waals surface area contributed by atoms with E-state index in [-0.39, 0.29) is 17.6 Å². The van der Waals surface area contributed by atoms with E-state index in [2.05, 4.69) is 36.9 Å². The van der Waals surface area contributed by atoms with Crippen molar-refractivity contribution in [3.8, 4) is 6.07 Å². The molecule has 0 bridgehead atoms. The van der Waals surface area contributed by atoms with E-state index in [9.17, 15) is 13.2 Å². The average molecular weight is 386 g/mol. The Balaban J connectivity index is 2.04. The van der Waals surface area contributed by atoms with E-state index in [1.807, 2.05) is 19.1 Å². The van der Waals surface area contributed by atoms with E-state index < -0.39 is 10.0 Å². The number of rotatable bonds is 6. The SMILES string of the molecule is CC(C)Cc1ccc([C@@H](C)C(=O)[N+]#Cc2ccc(CS(N)(=O)=O)cc2)cc1. The number of nitrogens with two attached hydrogens (primary N) is 1. The molecule has 0 saturated heterocycles. The lowest BCUT2D eigenvalue weighted by Crippen LogP contribution is -2.14. The van der Waals surface area contributed by atoms with Crippen molar-refractivity contribution in [3.05, 3.63) is 75.6 Å². The first-order valence-electron chi connectivity index (χ1n) is 8.83. The number of sulfonamides is 1. The molecule has 2 aromatic carbocycles. The Morgan fingerprint density at radius 2 is 1.56 bits per heavy atom. The summed E-state index contributed by atoms with van der Waals surface area (Å²) >= 11 is 0. The van der Waals surface area contributed by atoms with Gasteiger partial charge in [0.05, 0.1) is 5.75 Å². The lowest BCUT2D eigenvalue weighted by atomic mass is 9.96. The van der Waals surface area contributed by atoms with Gasteiger partial charge in [-0.2, -0.15) is 4.79 Å². The second-order valence-electron chi connectivity index (χ2n) is 7.13. The van der Waals surface area contributed by atoms with E-state index >= 15 is 0 Å². The fraction of sp³-hybridized carbons (Fsp3) is 0.333. The molecular formula is C21H25N2O3S+. The maximum absolute atomic E-state index is 12.3. The topological polar surface area (TPSA) is 81.6 Å². The zero-order valence-corrected chi connectivity index (χ0v) is 16.7. The Bertz CT molecular complexity index is 951. The molecule has 0 heterocycles. The minimum absolute atomic E-state index is 0.229. The summed E-state index contributed by atoms with van der Waals surface area (Å²) in [6.07, 6.45) is 1.01. The lowest BCUT2D eigenvalue weighted by Gasteiger charge is -2.07. The summed E-state index contributed by atoms with van der Waals surface area (Å²) in [5, 5.41) is 5.02. The highest BCUT2D eigenvalue weighted by Gasteiger charge is 2.24. The molecule has 0 unspecified atom stereocenters. The Morgan fingerprint density at radius 3 is 2.07 bits per heavy atom. The van der Waals surface area contributed by atoms with Crippen molar-refractivity contribution in [2.24, 2.45) is 11.1 Å². The third-order valence-corrected chi connectivity index (χ3v) is 4.85. The predicted molar refractivity (Wildman–Crippen MR) is 108 cm³/mol. The van der Waals surface area contributed by atoms with Crippen LogP contribution in [0.4, 0.5) is 0 Å². The third kappa shape index (κ3) is 6.97. The normalized spacial score (nSPS) is 12.3. The van der Waals surface area contributed by atoms with E-state index in [0.29, 0.717) is 17.0 Å². The van der Waals surface area contributed by atoms with E-state index in [4.69, 9.17) is 5.14 Å². The fourth-order valence-corrected chi connectivity index (χ4v) is 3.34. The molecule has 2 rings (SSSR count). The van der Waals surface area contributed by atoms with Crippen LogP contribution >= 0.6 is 0 Å². The number of hydrogen-bond donors (Lipinski definition) is 1. The molecule has 0 aromatic heterocycles. The van der Waals surface area contributed by atoms with Gasteiger partial charge in [0.25, 0.3) is 0 Å². The molecule has 0 aliphatic heterocycles. The van der Waals surface area contributed by atoms with Crippen LogP contribution in [0.15, 0.2) is 48.5 Å². The summed E-state index contributed by atoms with van der Waals surface area (Å²) < 4.78 is 22.2. The van der Waals surface area contributed by atoms with Gasteiger partial charge in [0, 0.05) is 4.85 Å². The molecule has 0 radical (unpaired) electrons. The van der Waals surface area contributed by atoms with Crippen LogP contribution in [0.1, 0.15) is 48.9 Å². The quantitative estimate of drug-likeness (QED) is 0.823. The van der Waals surface area contributed by atoms with Gasteiger partial charge in [-0.25, -0.2) is 13.6 Å². The van der Waals surface area contributed by atoms with Gasteiger partial charge >= 0.3 is 12.0 Å². The zero-order chi connectivity index (χ0) is 20.0. The van der Waals surface area contributed by atoms with Crippen molar-refractivity contribution < 1.29 is 13.2 Å². The number of carbonyl (C=O) groups is 1. The fourth-order valence-electron chi connectivity index (χ4n) is 2.68. The highest BCUT2D eigenvalue weighted by molar-refractivity contribution is 7.88. The number of hydrogen-bond acceptors (Lipinski definition) is 3. The zero-order valence-electron chi connectivity index (χ0n) is 15.8. The number of nitrogens with zero attached hydrogens (tertiary/aromatic N) is 1. The maximum atomic E-state index is 12.3. The van der Waals surface area contributed by atoms with Gasteiger partial charge in [0.15, 0.2) is 0 Å². The van der Waals surface area contributed by atoms with E-state index in [1.54, 1.807) is 24.3 Å². The molecule has 142 valence electrons.